The second kappa shape index (κ2) is 8.91. The first-order valence-electron chi connectivity index (χ1n) is 8.23. The fourth-order valence-corrected chi connectivity index (χ4v) is 2.29. The summed E-state index contributed by atoms with van der Waals surface area (Å²) in [6.45, 7) is 5.21. The maximum absolute atomic E-state index is 11.8. The molecule has 2 aromatic rings. The Kier molecular flexibility index (Phi) is 6.61. The summed E-state index contributed by atoms with van der Waals surface area (Å²) in [5.74, 6) is 0.391. The number of rotatable bonds is 8. The molecule has 0 unspecified atom stereocenters. The molecule has 0 aliphatic heterocycles. The molecule has 2 rings (SSSR count). The van der Waals surface area contributed by atoms with E-state index in [2.05, 4.69) is 48.7 Å². The smallest absolute Gasteiger partial charge is 0.286 e. The van der Waals surface area contributed by atoms with Gasteiger partial charge in [0.1, 0.15) is 0 Å². The monoisotopic (exact) mass is 328 g/mol. The highest BCUT2D eigenvalue weighted by atomic mass is 16.3. The zero-order chi connectivity index (χ0) is 17.4. The zero-order valence-electron chi connectivity index (χ0n) is 14.2. The normalized spacial score (nSPS) is 10.6. The second-order valence-electron chi connectivity index (χ2n) is 5.98. The molecular formula is C19H24N2O3. The molecule has 0 aliphatic carbocycles. The molecule has 0 aliphatic rings. The van der Waals surface area contributed by atoms with Gasteiger partial charge in [-0.25, -0.2) is 0 Å². The van der Waals surface area contributed by atoms with E-state index in [1.54, 1.807) is 12.1 Å². The predicted molar refractivity (Wildman–Crippen MR) is 92.9 cm³/mol. The van der Waals surface area contributed by atoms with Gasteiger partial charge >= 0.3 is 0 Å². The number of hydrogen-bond donors (Lipinski definition) is 2. The van der Waals surface area contributed by atoms with Crippen LogP contribution >= 0.6 is 0 Å². The van der Waals surface area contributed by atoms with Gasteiger partial charge in [0.15, 0.2) is 5.76 Å². The Hall–Kier alpha value is -2.56. The van der Waals surface area contributed by atoms with Crippen LogP contribution < -0.4 is 10.6 Å². The molecule has 24 heavy (non-hydrogen) atoms. The molecule has 5 nitrogen and oxygen atoms in total. The lowest BCUT2D eigenvalue weighted by Crippen LogP contribution is -2.31. The Labute approximate surface area is 142 Å². The van der Waals surface area contributed by atoms with Crippen LogP contribution in [0.3, 0.4) is 0 Å². The highest BCUT2D eigenvalue weighted by molar-refractivity contribution is 5.91. The van der Waals surface area contributed by atoms with Crippen LogP contribution in [-0.4, -0.2) is 24.9 Å². The maximum Gasteiger partial charge on any atom is 0.286 e. The summed E-state index contributed by atoms with van der Waals surface area (Å²) in [6, 6.07) is 11.7. The summed E-state index contributed by atoms with van der Waals surface area (Å²) < 4.78 is 4.98. The molecule has 5 heteroatoms. The largest absolute Gasteiger partial charge is 0.459 e. The van der Waals surface area contributed by atoms with E-state index in [4.69, 9.17) is 4.42 Å². The third-order valence-corrected chi connectivity index (χ3v) is 3.76. The van der Waals surface area contributed by atoms with Crippen molar-refractivity contribution < 1.29 is 14.0 Å². The SMILES string of the molecule is CC(C)c1ccc(CCNC(=O)CCNC(=O)c2ccco2)cc1. The molecular weight excluding hydrogens is 304 g/mol. The van der Waals surface area contributed by atoms with E-state index in [1.807, 2.05) is 0 Å². The van der Waals surface area contributed by atoms with Gasteiger partial charge in [-0.1, -0.05) is 38.1 Å². The number of carbonyl (C=O) groups excluding carboxylic acids is 2. The Morgan fingerprint density at radius 2 is 1.79 bits per heavy atom. The summed E-state index contributed by atoms with van der Waals surface area (Å²) in [4.78, 5) is 23.4. The molecule has 0 saturated carbocycles. The van der Waals surface area contributed by atoms with Crippen molar-refractivity contribution >= 4 is 11.8 Å². The van der Waals surface area contributed by atoms with Gasteiger partial charge in [-0.3, -0.25) is 9.59 Å². The predicted octanol–water partition coefficient (Wildman–Crippen LogP) is 2.88. The fourth-order valence-electron chi connectivity index (χ4n) is 2.29. The van der Waals surface area contributed by atoms with Gasteiger partial charge in [0, 0.05) is 19.5 Å². The standard InChI is InChI=1S/C19H24N2O3/c1-14(2)16-7-5-15(6-8-16)9-11-20-18(22)10-12-21-19(23)17-4-3-13-24-17/h3-8,13-14H,9-12H2,1-2H3,(H,20,22)(H,21,23). The average Bonchev–Trinajstić information content (AvgIpc) is 3.10. The molecule has 1 aromatic heterocycles. The molecule has 0 spiro atoms. The lowest BCUT2D eigenvalue weighted by Gasteiger charge is -2.08. The van der Waals surface area contributed by atoms with Gasteiger partial charge < -0.3 is 15.1 Å². The number of amides is 2. The van der Waals surface area contributed by atoms with Gasteiger partial charge in [0.05, 0.1) is 6.26 Å². The van der Waals surface area contributed by atoms with Gasteiger partial charge in [-0.05, 0) is 35.6 Å². The molecule has 1 aromatic carbocycles. The number of carbonyl (C=O) groups is 2. The van der Waals surface area contributed by atoms with E-state index in [-0.39, 0.29) is 30.5 Å². The molecule has 2 amide bonds. The van der Waals surface area contributed by atoms with E-state index in [0.29, 0.717) is 12.5 Å². The van der Waals surface area contributed by atoms with Crippen molar-refractivity contribution in [2.75, 3.05) is 13.1 Å². The summed E-state index contributed by atoms with van der Waals surface area (Å²) >= 11 is 0. The number of benzene rings is 1. The van der Waals surface area contributed by atoms with E-state index >= 15 is 0 Å². The van der Waals surface area contributed by atoms with Crippen molar-refractivity contribution in [1.29, 1.82) is 0 Å². The topological polar surface area (TPSA) is 71.3 Å². The van der Waals surface area contributed by atoms with Gasteiger partial charge in [0.2, 0.25) is 5.91 Å². The van der Waals surface area contributed by atoms with Gasteiger partial charge in [-0.15, -0.1) is 0 Å². The Morgan fingerprint density at radius 1 is 1.04 bits per heavy atom. The van der Waals surface area contributed by atoms with Crippen LogP contribution in [0.1, 0.15) is 47.9 Å². The van der Waals surface area contributed by atoms with Crippen LogP contribution in [0.4, 0.5) is 0 Å². The van der Waals surface area contributed by atoms with Crippen LogP contribution in [-0.2, 0) is 11.2 Å². The lowest BCUT2D eigenvalue weighted by molar-refractivity contribution is -0.120. The minimum Gasteiger partial charge on any atom is -0.459 e. The molecule has 0 radical (unpaired) electrons. The highest BCUT2D eigenvalue weighted by Crippen LogP contribution is 2.14. The van der Waals surface area contributed by atoms with E-state index in [0.717, 1.165) is 6.42 Å². The van der Waals surface area contributed by atoms with Crippen molar-refractivity contribution in [3.63, 3.8) is 0 Å². The summed E-state index contributed by atoms with van der Waals surface area (Å²) in [5, 5.41) is 5.51. The molecule has 2 N–H and O–H groups in total. The summed E-state index contributed by atoms with van der Waals surface area (Å²) in [5.41, 5.74) is 2.51. The van der Waals surface area contributed by atoms with Crippen LogP contribution in [0, 0.1) is 0 Å². The van der Waals surface area contributed by atoms with Crippen molar-refractivity contribution in [3.8, 4) is 0 Å². The van der Waals surface area contributed by atoms with Gasteiger partial charge in [0.25, 0.3) is 5.91 Å². The van der Waals surface area contributed by atoms with Crippen molar-refractivity contribution in [2.45, 2.75) is 32.6 Å². The van der Waals surface area contributed by atoms with Crippen LogP contribution in [0.25, 0.3) is 0 Å². The summed E-state index contributed by atoms with van der Waals surface area (Å²) in [6.07, 6.45) is 2.48. The number of hydrogen-bond acceptors (Lipinski definition) is 3. The van der Waals surface area contributed by atoms with E-state index in [9.17, 15) is 9.59 Å². The van der Waals surface area contributed by atoms with Crippen molar-refractivity contribution in [1.82, 2.24) is 10.6 Å². The van der Waals surface area contributed by atoms with E-state index in [1.165, 1.54) is 17.4 Å². The highest BCUT2D eigenvalue weighted by Gasteiger charge is 2.08. The first-order valence-corrected chi connectivity index (χ1v) is 8.23. The molecule has 0 bridgehead atoms. The van der Waals surface area contributed by atoms with Gasteiger partial charge in [-0.2, -0.15) is 0 Å². The third-order valence-electron chi connectivity index (χ3n) is 3.76. The first-order chi connectivity index (χ1) is 11.6. The zero-order valence-corrected chi connectivity index (χ0v) is 14.2. The van der Waals surface area contributed by atoms with Crippen LogP contribution in [0.2, 0.25) is 0 Å². The molecule has 128 valence electrons. The fraction of sp³-hybridized carbons (Fsp3) is 0.368. The average molecular weight is 328 g/mol. The quantitative estimate of drug-likeness (QED) is 0.783. The number of furan rings is 1. The summed E-state index contributed by atoms with van der Waals surface area (Å²) in [7, 11) is 0. The Balaban J connectivity index is 1.62. The van der Waals surface area contributed by atoms with Crippen LogP contribution in [0.15, 0.2) is 47.1 Å². The van der Waals surface area contributed by atoms with E-state index < -0.39 is 0 Å². The third kappa shape index (κ3) is 5.57. The molecule has 0 saturated heterocycles. The Bertz CT molecular complexity index is 646. The first kappa shape index (κ1) is 17.8. The minimum atomic E-state index is -0.307. The molecule has 0 fully saturated rings. The second-order valence-corrected chi connectivity index (χ2v) is 5.98. The van der Waals surface area contributed by atoms with Crippen LogP contribution in [0.5, 0.6) is 0 Å². The Morgan fingerprint density at radius 3 is 2.42 bits per heavy atom. The van der Waals surface area contributed by atoms with Crippen molar-refractivity contribution in [3.05, 3.63) is 59.5 Å². The molecule has 0 atom stereocenters. The molecule has 1 heterocycles. The maximum atomic E-state index is 11.8. The number of nitrogens with one attached hydrogen (secondary N) is 2. The lowest BCUT2D eigenvalue weighted by atomic mass is 10.0. The minimum absolute atomic E-state index is 0.0754. The van der Waals surface area contributed by atoms with Crippen molar-refractivity contribution in [2.24, 2.45) is 0 Å².